The van der Waals surface area contributed by atoms with Gasteiger partial charge < -0.3 is 9.80 Å². The number of hydrogen-bond donors (Lipinski definition) is 0. The van der Waals surface area contributed by atoms with Crippen LogP contribution in [0, 0.1) is 0 Å². The zero-order valence-electron chi connectivity index (χ0n) is 31.3. The maximum absolute atomic E-state index is 2.54. The molecule has 0 N–H and O–H groups in total. The lowest BCUT2D eigenvalue weighted by Gasteiger charge is -2.45. The van der Waals surface area contributed by atoms with Crippen molar-refractivity contribution >= 4 is 57.2 Å². The maximum Gasteiger partial charge on any atom is 0.252 e. The van der Waals surface area contributed by atoms with Gasteiger partial charge in [-0.3, -0.25) is 0 Å². The summed E-state index contributed by atoms with van der Waals surface area (Å²) in [5.41, 5.74) is 20.7. The van der Waals surface area contributed by atoms with Crippen molar-refractivity contribution in [3.8, 4) is 44.5 Å². The minimum absolute atomic E-state index is 0.0167. The molecule has 2 nitrogen and oxygen atoms in total. The topological polar surface area (TPSA) is 6.48 Å². The fourth-order valence-corrected chi connectivity index (χ4v) is 9.24. The number of benzene rings is 9. The van der Waals surface area contributed by atoms with E-state index >= 15 is 0 Å². The Balaban J connectivity index is 1.25. The van der Waals surface area contributed by atoms with E-state index in [-0.39, 0.29) is 6.71 Å². The minimum atomic E-state index is -0.0167. The Morgan fingerprint density at radius 2 is 0.754 bits per heavy atom. The SMILES string of the molecule is c1ccc(-c2ccc(N3c4ccccc4B4c5cc(-c6ccccc6)c(-c6ccccc6)c(-c6ccccc6)c5N(c5ccccc5)c5cccc3c54)cc2)cc1. The lowest BCUT2D eigenvalue weighted by Crippen LogP contribution is -2.61. The Labute approximate surface area is 334 Å². The molecule has 2 aliphatic rings. The van der Waals surface area contributed by atoms with E-state index in [1.807, 2.05) is 0 Å². The molecule has 9 aromatic carbocycles. The summed E-state index contributed by atoms with van der Waals surface area (Å²) in [7, 11) is 0. The molecule has 9 aromatic rings. The largest absolute Gasteiger partial charge is 0.311 e. The second-order valence-electron chi connectivity index (χ2n) is 14.8. The van der Waals surface area contributed by atoms with Crippen LogP contribution < -0.4 is 26.2 Å². The predicted molar refractivity (Wildman–Crippen MR) is 242 cm³/mol. The van der Waals surface area contributed by atoms with Crippen molar-refractivity contribution in [1.82, 2.24) is 0 Å². The second-order valence-corrected chi connectivity index (χ2v) is 14.8. The lowest BCUT2D eigenvalue weighted by molar-refractivity contribution is 1.25. The van der Waals surface area contributed by atoms with Crippen molar-refractivity contribution in [3.63, 3.8) is 0 Å². The molecule has 0 unspecified atom stereocenters. The number of hydrogen-bond acceptors (Lipinski definition) is 2. The first-order chi connectivity index (χ1) is 28.3. The van der Waals surface area contributed by atoms with Gasteiger partial charge in [-0.05, 0) is 97.8 Å². The molecule has 0 amide bonds. The van der Waals surface area contributed by atoms with E-state index in [0.29, 0.717) is 0 Å². The van der Waals surface area contributed by atoms with Crippen LogP contribution in [-0.2, 0) is 0 Å². The lowest BCUT2D eigenvalue weighted by atomic mass is 9.33. The summed E-state index contributed by atoms with van der Waals surface area (Å²) in [4.78, 5) is 5.01. The van der Waals surface area contributed by atoms with E-state index in [2.05, 4.69) is 234 Å². The van der Waals surface area contributed by atoms with Crippen LogP contribution in [0.2, 0.25) is 0 Å². The first kappa shape index (κ1) is 33.0. The van der Waals surface area contributed by atoms with Crippen molar-refractivity contribution in [2.75, 3.05) is 9.80 Å². The van der Waals surface area contributed by atoms with E-state index < -0.39 is 0 Å². The van der Waals surface area contributed by atoms with Crippen LogP contribution in [0.5, 0.6) is 0 Å². The van der Waals surface area contributed by atoms with Gasteiger partial charge in [0.15, 0.2) is 0 Å². The molecule has 266 valence electrons. The van der Waals surface area contributed by atoms with Gasteiger partial charge in [0.05, 0.1) is 0 Å². The van der Waals surface area contributed by atoms with Crippen LogP contribution in [0.1, 0.15) is 0 Å². The third-order valence-electron chi connectivity index (χ3n) is 11.6. The third-order valence-corrected chi connectivity index (χ3v) is 11.6. The van der Waals surface area contributed by atoms with Gasteiger partial charge in [0.2, 0.25) is 0 Å². The minimum Gasteiger partial charge on any atom is -0.311 e. The van der Waals surface area contributed by atoms with Crippen LogP contribution >= 0.6 is 0 Å². The maximum atomic E-state index is 2.54. The van der Waals surface area contributed by atoms with E-state index in [1.165, 1.54) is 83.6 Å². The van der Waals surface area contributed by atoms with Crippen molar-refractivity contribution in [1.29, 1.82) is 0 Å². The highest BCUT2D eigenvalue weighted by atomic mass is 15.2. The highest BCUT2D eigenvalue weighted by Crippen LogP contribution is 2.51. The number of para-hydroxylation sites is 2. The molecule has 2 heterocycles. The van der Waals surface area contributed by atoms with Gasteiger partial charge in [-0.15, -0.1) is 0 Å². The summed E-state index contributed by atoms with van der Waals surface area (Å²) in [6, 6.07) is 82.0. The molecular weight excluding hydrogens is 687 g/mol. The smallest absolute Gasteiger partial charge is 0.252 e. The highest BCUT2D eigenvalue weighted by Gasteiger charge is 2.45. The quantitative estimate of drug-likeness (QED) is 0.158. The molecule has 0 bridgehead atoms. The van der Waals surface area contributed by atoms with Crippen LogP contribution in [0.25, 0.3) is 44.5 Å². The predicted octanol–water partition coefficient (Wildman–Crippen LogP) is 12.4. The van der Waals surface area contributed by atoms with Crippen LogP contribution in [0.15, 0.2) is 224 Å². The summed E-state index contributed by atoms with van der Waals surface area (Å²) in [5, 5.41) is 0. The Morgan fingerprint density at radius 3 is 1.39 bits per heavy atom. The van der Waals surface area contributed by atoms with E-state index in [4.69, 9.17) is 0 Å². The normalized spacial score (nSPS) is 12.5. The summed E-state index contributed by atoms with van der Waals surface area (Å²) in [6.45, 7) is -0.0167. The molecule has 0 radical (unpaired) electrons. The first-order valence-electron chi connectivity index (χ1n) is 19.7. The number of anilines is 6. The zero-order chi connectivity index (χ0) is 37.7. The molecule has 11 rings (SSSR count). The van der Waals surface area contributed by atoms with Crippen LogP contribution in [-0.4, -0.2) is 6.71 Å². The van der Waals surface area contributed by atoms with Crippen molar-refractivity contribution in [2.45, 2.75) is 0 Å². The van der Waals surface area contributed by atoms with Gasteiger partial charge >= 0.3 is 0 Å². The molecule has 3 heteroatoms. The summed E-state index contributed by atoms with van der Waals surface area (Å²) >= 11 is 0. The molecule has 0 saturated heterocycles. The third kappa shape index (κ3) is 5.43. The van der Waals surface area contributed by atoms with Crippen LogP contribution in [0.4, 0.5) is 34.1 Å². The summed E-state index contributed by atoms with van der Waals surface area (Å²) < 4.78 is 0. The monoisotopic (exact) mass is 724 g/mol. The fraction of sp³-hybridized carbons (Fsp3) is 0. The van der Waals surface area contributed by atoms with Crippen LogP contribution in [0.3, 0.4) is 0 Å². The second kappa shape index (κ2) is 13.7. The Bertz CT molecular complexity index is 2880. The van der Waals surface area contributed by atoms with E-state index in [1.54, 1.807) is 0 Å². The molecule has 2 aliphatic heterocycles. The van der Waals surface area contributed by atoms with Gasteiger partial charge in [0, 0.05) is 39.7 Å². The summed E-state index contributed by atoms with van der Waals surface area (Å²) in [5.74, 6) is 0. The molecule has 0 atom stereocenters. The van der Waals surface area contributed by atoms with Gasteiger partial charge in [0.25, 0.3) is 6.71 Å². The van der Waals surface area contributed by atoms with Gasteiger partial charge in [-0.1, -0.05) is 182 Å². The van der Waals surface area contributed by atoms with Crippen molar-refractivity contribution in [2.24, 2.45) is 0 Å². The molecule has 0 saturated carbocycles. The molecule has 0 aliphatic carbocycles. The highest BCUT2D eigenvalue weighted by molar-refractivity contribution is 7.00. The van der Waals surface area contributed by atoms with Gasteiger partial charge in [0.1, 0.15) is 0 Å². The molecule has 0 aromatic heterocycles. The molecule has 0 fully saturated rings. The zero-order valence-corrected chi connectivity index (χ0v) is 31.3. The summed E-state index contributed by atoms with van der Waals surface area (Å²) in [6.07, 6.45) is 0. The van der Waals surface area contributed by atoms with E-state index in [0.717, 1.165) is 11.4 Å². The van der Waals surface area contributed by atoms with Crippen molar-refractivity contribution < 1.29 is 0 Å². The van der Waals surface area contributed by atoms with Crippen molar-refractivity contribution in [3.05, 3.63) is 224 Å². The molecule has 57 heavy (non-hydrogen) atoms. The fourth-order valence-electron chi connectivity index (χ4n) is 9.24. The number of nitrogens with zero attached hydrogens (tertiary/aromatic N) is 2. The average molecular weight is 725 g/mol. The van der Waals surface area contributed by atoms with E-state index in [9.17, 15) is 0 Å². The Morgan fingerprint density at radius 1 is 0.298 bits per heavy atom. The Kier molecular flexibility index (Phi) is 7.96. The number of rotatable bonds is 6. The molecular formula is C54H37BN2. The van der Waals surface area contributed by atoms with Gasteiger partial charge in [-0.2, -0.15) is 0 Å². The van der Waals surface area contributed by atoms with Gasteiger partial charge in [-0.25, -0.2) is 0 Å². The Hall–Kier alpha value is -7.36. The first-order valence-corrected chi connectivity index (χ1v) is 19.7. The standard InChI is InChI=1S/C54H37BN2/c1-6-19-38(20-7-1)39-33-35-44(36-34-39)56-48-30-17-16-29-46(48)55-47-37-45(40-21-8-2-9-22-40)51(41-23-10-3-11-24-41)52(42-25-12-4-13-26-42)54(47)57(43-27-14-5-15-28-43)50-32-18-31-49(56)53(50)55/h1-37H. The number of fused-ring (bicyclic) bond motifs is 4. The average Bonchev–Trinajstić information content (AvgIpc) is 3.30. The molecule has 0 spiro atoms.